The van der Waals surface area contributed by atoms with E-state index in [1.165, 1.54) is 5.56 Å². The number of nitrogens with zero attached hydrogens (tertiary/aromatic N) is 4. The average molecular weight is 358 g/mol. The molecule has 120 valence electrons. The van der Waals surface area contributed by atoms with Crippen molar-refractivity contribution in [1.82, 2.24) is 15.2 Å². The van der Waals surface area contributed by atoms with Crippen LogP contribution in [0.15, 0.2) is 48.7 Å². The van der Waals surface area contributed by atoms with Crippen LogP contribution in [0.25, 0.3) is 0 Å². The molecule has 1 N–H and O–H groups in total. The van der Waals surface area contributed by atoms with Crippen LogP contribution < -0.4 is 10.2 Å². The van der Waals surface area contributed by atoms with Gasteiger partial charge in [0.1, 0.15) is 0 Å². The minimum Gasteiger partial charge on any atom is -0.339 e. The van der Waals surface area contributed by atoms with Crippen molar-refractivity contribution in [2.45, 2.75) is 6.42 Å². The third-order valence-electron chi connectivity index (χ3n) is 3.81. The smallest absolute Gasteiger partial charge is 0.251 e. The molecule has 3 aromatic rings. The first kappa shape index (κ1) is 15.2. The zero-order valence-electron chi connectivity index (χ0n) is 12.6. The third-order valence-corrected chi connectivity index (χ3v) is 4.25. The van der Waals surface area contributed by atoms with E-state index < -0.39 is 0 Å². The number of halogens is 2. The molecular weight excluding hydrogens is 345 g/mol. The van der Waals surface area contributed by atoms with Crippen molar-refractivity contribution < 1.29 is 0 Å². The van der Waals surface area contributed by atoms with E-state index in [-0.39, 0.29) is 0 Å². The third kappa shape index (κ3) is 3.00. The van der Waals surface area contributed by atoms with Gasteiger partial charge in [-0.05, 0) is 36.2 Å². The van der Waals surface area contributed by atoms with Crippen LogP contribution in [-0.4, -0.2) is 21.7 Å². The van der Waals surface area contributed by atoms with E-state index in [1.807, 2.05) is 12.1 Å². The standard InChI is InChI=1S/C17H13Cl2N5/c18-12-7-13(19)9-14(8-12)21-16-10-20-23-17(22-16)24-6-5-11-3-1-2-4-15(11)24/h1-4,7-10H,5-6H2,(H,21,22,23). The van der Waals surface area contributed by atoms with Gasteiger partial charge in [-0.3, -0.25) is 0 Å². The van der Waals surface area contributed by atoms with Crippen molar-refractivity contribution in [3.63, 3.8) is 0 Å². The fraction of sp³-hybridized carbons (Fsp3) is 0.118. The molecule has 0 unspecified atom stereocenters. The van der Waals surface area contributed by atoms with Crippen LogP contribution in [-0.2, 0) is 6.42 Å². The number of nitrogens with one attached hydrogen (secondary N) is 1. The van der Waals surface area contributed by atoms with Crippen LogP contribution in [0.1, 0.15) is 5.56 Å². The number of para-hydroxylation sites is 1. The van der Waals surface area contributed by atoms with Crippen LogP contribution in [0, 0.1) is 0 Å². The zero-order valence-corrected chi connectivity index (χ0v) is 14.1. The van der Waals surface area contributed by atoms with E-state index in [4.69, 9.17) is 23.2 Å². The first-order valence-corrected chi connectivity index (χ1v) is 8.23. The summed E-state index contributed by atoms with van der Waals surface area (Å²) in [5.41, 5.74) is 3.17. The minimum absolute atomic E-state index is 0.556. The molecule has 0 saturated heterocycles. The zero-order chi connectivity index (χ0) is 16.5. The van der Waals surface area contributed by atoms with Crippen molar-refractivity contribution in [1.29, 1.82) is 0 Å². The lowest BCUT2D eigenvalue weighted by atomic mass is 10.2. The highest BCUT2D eigenvalue weighted by Crippen LogP contribution is 2.32. The quantitative estimate of drug-likeness (QED) is 0.741. The topological polar surface area (TPSA) is 53.9 Å². The summed E-state index contributed by atoms with van der Waals surface area (Å²) in [4.78, 5) is 6.63. The Kier molecular flexibility index (Phi) is 3.96. The number of aromatic nitrogens is 3. The summed E-state index contributed by atoms with van der Waals surface area (Å²) < 4.78 is 0. The summed E-state index contributed by atoms with van der Waals surface area (Å²) in [7, 11) is 0. The van der Waals surface area contributed by atoms with Crippen LogP contribution in [0.4, 0.5) is 23.1 Å². The Hall–Kier alpha value is -2.37. The average Bonchev–Trinajstić information content (AvgIpc) is 2.98. The Morgan fingerprint density at radius 3 is 2.67 bits per heavy atom. The van der Waals surface area contributed by atoms with Crippen molar-refractivity contribution in [3.05, 3.63) is 64.3 Å². The van der Waals surface area contributed by atoms with E-state index in [2.05, 4.69) is 37.5 Å². The highest BCUT2D eigenvalue weighted by Gasteiger charge is 2.22. The van der Waals surface area contributed by atoms with Gasteiger partial charge in [-0.1, -0.05) is 41.4 Å². The Morgan fingerprint density at radius 1 is 1.04 bits per heavy atom. The summed E-state index contributed by atoms with van der Waals surface area (Å²) in [6.07, 6.45) is 2.54. The van der Waals surface area contributed by atoms with Gasteiger partial charge in [0.2, 0.25) is 0 Å². The van der Waals surface area contributed by atoms with E-state index in [9.17, 15) is 0 Å². The molecule has 1 aliphatic rings. The second kappa shape index (κ2) is 6.26. The van der Waals surface area contributed by atoms with E-state index in [0.717, 1.165) is 24.3 Å². The molecule has 0 fully saturated rings. The van der Waals surface area contributed by atoms with Crippen LogP contribution >= 0.6 is 23.2 Å². The highest BCUT2D eigenvalue weighted by molar-refractivity contribution is 6.35. The second-order valence-electron chi connectivity index (χ2n) is 5.46. The Labute approximate surface area is 149 Å². The molecule has 2 heterocycles. The van der Waals surface area contributed by atoms with Gasteiger partial charge in [0.15, 0.2) is 5.82 Å². The molecule has 4 rings (SSSR count). The van der Waals surface area contributed by atoms with E-state index >= 15 is 0 Å². The monoisotopic (exact) mass is 357 g/mol. The van der Waals surface area contributed by atoms with Crippen molar-refractivity contribution in [2.75, 3.05) is 16.8 Å². The molecule has 24 heavy (non-hydrogen) atoms. The largest absolute Gasteiger partial charge is 0.339 e. The molecule has 2 aromatic carbocycles. The first-order valence-electron chi connectivity index (χ1n) is 7.47. The van der Waals surface area contributed by atoms with Gasteiger partial charge in [0, 0.05) is 28.0 Å². The molecule has 7 heteroatoms. The molecule has 1 aliphatic heterocycles. The molecule has 0 spiro atoms. The normalized spacial score (nSPS) is 13.0. The molecule has 0 bridgehead atoms. The Bertz CT molecular complexity index is 879. The van der Waals surface area contributed by atoms with E-state index in [1.54, 1.807) is 24.4 Å². The SMILES string of the molecule is Clc1cc(Cl)cc(Nc2cnnc(N3CCc4ccccc43)n2)c1. The van der Waals surface area contributed by atoms with Crippen molar-refractivity contribution in [2.24, 2.45) is 0 Å². The Balaban J connectivity index is 1.63. The summed E-state index contributed by atoms with van der Waals surface area (Å²) in [5, 5.41) is 12.5. The van der Waals surface area contributed by atoms with Gasteiger partial charge in [0.05, 0.1) is 6.20 Å². The Morgan fingerprint density at radius 2 is 1.83 bits per heavy atom. The minimum atomic E-state index is 0.556. The number of rotatable bonds is 3. The number of benzene rings is 2. The van der Waals surface area contributed by atoms with Gasteiger partial charge in [-0.2, -0.15) is 10.1 Å². The molecule has 0 saturated carbocycles. The van der Waals surface area contributed by atoms with Crippen LogP contribution in [0.2, 0.25) is 10.0 Å². The number of hydrogen-bond donors (Lipinski definition) is 1. The predicted molar refractivity (Wildman–Crippen MR) is 96.7 cm³/mol. The summed E-state index contributed by atoms with van der Waals surface area (Å²) >= 11 is 12.1. The van der Waals surface area contributed by atoms with Crippen molar-refractivity contribution in [3.8, 4) is 0 Å². The fourth-order valence-corrected chi connectivity index (χ4v) is 3.31. The molecular formula is C17H13Cl2N5. The summed E-state index contributed by atoms with van der Waals surface area (Å²) in [6.45, 7) is 0.841. The summed E-state index contributed by atoms with van der Waals surface area (Å²) in [6, 6.07) is 13.5. The maximum absolute atomic E-state index is 6.03. The highest BCUT2D eigenvalue weighted by atomic mass is 35.5. The number of anilines is 4. The van der Waals surface area contributed by atoms with Crippen molar-refractivity contribution >= 4 is 46.3 Å². The predicted octanol–water partition coefficient (Wildman–Crippen LogP) is 4.62. The van der Waals surface area contributed by atoms with Gasteiger partial charge in [0.25, 0.3) is 5.95 Å². The molecule has 1 aromatic heterocycles. The molecule has 5 nitrogen and oxygen atoms in total. The molecule has 0 atom stereocenters. The number of fused-ring (bicyclic) bond motifs is 1. The van der Waals surface area contributed by atoms with Crippen LogP contribution in [0.5, 0.6) is 0 Å². The second-order valence-corrected chi connectivity index (χ2v) is 6.33. The molecule has 0 aliphatic carbocycles. The van der Waals surface area contributed by atoms with Gasteiger partial charge >= 0.3 is 0 Å². The molecule has 0 radical (unpaired) electrons. The maximum atomic E-state index is 6.03. The molecule has 0 amide bonds. The first-order chi connectivity index (χ1) is 11.7. The van der Waals surface area contributed by atoms with Gasteiger partial charge in [-0.15, -0.1) is 5.10 Å². The van der Waals surface area contributed by atoms with Crippen LogP contribution in [0.3, 0.4) is 0 Å². The lowest BCUT2D eigenvalue weighted by Crippen LogP contribution is -2.17. The number of hydrogen-bond acceptors (Lipinski definition) is 5. The van der Waals surface area contributed by atoms with Gasteiger partial charge < -0.3 is 10.2 Å². The van der Waals surface area contributed by atoms with Gasteiger partial charge in [-0.25, -0.2) is 0 Å². The summed E-state index contributed by atoms with van der Waals surface area (Å²) in [5.74, 6) is 1.15. The van der Waals surface area contributed by atoms with E-state index in [0.29, 0.717) is 21.8 Å². The maximum Gasteiger partial charge on any atom is 0.251 e. The fourth-order valence-electron chi connectivity index (χ4n) is 2.79. The lowest BCUT2D eigenvalue weighted by molar-refractivity contribution is 0.887. The lowest BCUT2D eigenvalue weighted by Gasteiger charge is -2.17.